The van der Waals surface area contributed by atoms with E-state index in [1.807, 2.05) is 17.5 Å². The van der Waals surface area contributed by atoms with Gasteiger partial charge < -0.3 is 9.73 Å². The van der Waals surface area contributed by atoms with E-state index in [1.54, 1.807) is 0 Å². The Hall–Kier alpha value is -2.45. The molecule has 0 fully saturated rings. The summed E-state index contributed by atoms with van der Waals surface area (Å²) >= 11 is 1.52. The minimum atomic E-state index is -3.27. The van der Waals surface area contributed by atoms with Gasteiger partial charge in [0.25, 0.3) is 5.91 Å². The monoisotopic (exact) mass is 362 g/mol. The summed E-state index contributed by atoms with van der Waals surface area (Å²) in [6, 6.07) is 9.59. The molecule has 0 aliphatic rings. The van der Waals surface area contributed by atoms with Crippen molar-refractivity contribution in [2.75, 3.05) is 6.26 Å². The second kappa shape index (κ2) is 6.58. The van der Waals surface area contributed by atoms with Crippen LogP contribution in [0.4, 0.5) is 0 Å². The van der Waals surface area contributed by atoms with Crippen molar-refractivity contribution >= 4 is 27.1 Å². The number of carbonyl (C=O) groups is 1. The van der Waals surface area contributed by atoms with Gasteiger partial charge >= 0.3 is 0 Å². The highest BCUT2D eigenvalue weighted by Crippen LogP contribution is 2.23. The molecular formula is C16H14N2O4S2. The molecule has 2 aromatic heterocycles. The quantitative estimate of drug-likeness (QED) is 0.754. The molecule has 0 bridgehead atoms. The van der Waals surface area contributed by atoms with Crippen LogP contribution in [-0.2, 0) is 16.4 Å². The fourth-order valence-corrected chi connectivity index (χ4v) is 3.31. The number of carbonyl (C=O) groups excluding carboxylic acids is 1. The molecule has 0 aliphatic carbocycles. The van der Waals surface area contributed by atoms with Crippen LogP contribution < -0.4 is 5.32 Å². The second-order valence-electron chi connectivity index (χ2n) is 5.10. The van der Waals surface area contributed by atoms with E-state index in [4.69, 9.17) is 4.42 Å². The molecule has 0 spiro atoms. The van der Waals surface area contributed by atoms with Crippen LogP contribution in [0.25, 0.3) is 10.8 Å². The number of oxazole rings is 1. The summed E-state index contributed by atoms with van der Waals surface area (Å²) in [5.41, 5.74) is 0.990. The van der Waals surface area contributed by atoms with Gasteiger partial charge in [-0.05, 0) is 35.7 Å². The topological polar surface area (TPSA) is 89.3 Å². The minimum absolute atomic E-state index is 0.177. The lowest BCUT2D eigenvalue weighted by Crippen LogP contribution is -2.22. The molecule has 1 amide bonds. The standard InChI is InChI=1S/C16H14N2O4S2/c1-24(20,21)13-6-4-11(5-7-13)15(19)17-9-12-10-22-16(18-12)14-3-2-8-23-14/h2-8,10H,9H2,1H3,(H,17,19). The number of nitrogens with zero attached hydrogens (tertiary/aromatic N) is 1. The van der Waals surface area contributed by atoms with E-state index in [0.29, 0.717) is 17.1 Å². The van der Waals surface area contributed by atoms with Crippen molar-refractivity contribution in [1.29, 1.82) is 0 Å². The highest BCUT2D eigenvalue weighted by Gasteiger charge is 2.11. The van der Waals surface area contributed by atoms with E-state index < -0.39 is 9.84 Å². The van der Waals surface area contributed by atoms with Crippen molar-refractivity contribution in [3.63, 3.8) is 0 Å². The lowest BCUT2D eigenvalue weighted by Gasteiger charge is -2.04. The van der Waals surface area contributed by atoms with Gasteiger partial charge in [0, 0.05) is 11.8 Å². The Balaban J connectivity index is 1.63. The van der Waals surface area contributed by atoms with Crippen LogP contribution in [-0.4, -0.2) is 25.6 Å². The number of aromatic nitrogens is 1. The Morgan fingerprint density at radius 3 is 2.62 bits per heavy atom. The predicted octanol–water partition coefficient (Wildman–Crippen LogP) is 2.74. The van der Waals surface area contributed by atoms with Gasteiger partial charge in [0.15, 0.2) is 9.84 Å². The molecule has 3 aromatic rings. The van der Waals surface area contributed by atoms with Crippen molar-refractivity contribution in [3.8, 4) is 10.8 Å². The molecule has 24 heavy (non-hydrogen) atoms. The number of benzene rings is 1. The smallest absolute Gasteiger partial charge is 0.251 e. The molecule has 1 N–H and O–H groups in total. The number of sulfone groups is 1. The van der Waals surface area contributed by atoms with Crippen LogP contribution in [0.1, 0.15) is 16.1 Å². The molecule has 6 nitrogen and oxygen atoms in total. The van der Waals surface area contributed by atoms with E-state index in [1.165, 1.54) is 41.9 Å². The first-order chi connectivity index (χ1) is 11.4. The van der Waals surface area contributed by atoms with Gasteiger partial charge in [-0.3, -0.25) is 4.79 Å². The summed E-state index contributed by atoms with van der Waals surface area (Å²) in [4.78, 5) is 17.5. The Labute approximate surface area is 143 Å². The number of nitrogens with one attached hydrogen (secondary N) is 1. The normalized spacial score (nSPS) is 11.4. The first kappa shape index (κ1) is 16.4. The van der Waals surface area contributed by atoms with Gasteiger partial charge in [0.2, 0.25) is 5.89 Å². The fourth-order valence-electron chi connectivity index (χ4n) is 2.03. The molecule has 8 heteroatoms. The van der Waals surface area contributed by atoms with E-state index in [0.717, 1.165) is 11.1 Å². The molecule has 0 unspecified atom stereocenters. The van der Waals surface area contributed by atoms with Crippen molar-refractivity contribution in [3.05, 3.63) is 59.3 Å². The molecule has 0 aliphatic heterocycles. The van der Waals surface area contributed by atoms with Crippen LogP contribution in [0, 0.1) is 0 Å². The van der Waals surface area contributed by atoms with Crippen LogP contribution in [0.2, 0.25) is 0 Å². The lowest BCUT2D eigenvalue weighted by atomic mass is 10.2. The van der Waals surface area contributed by atoms with Crippen molar-refractivity contribution in [2.24, 2.45) is 0 Å². The van der Waals surface area contributed by atoms with Crippen LogP contribution in [0.5, 0.6) is 0 Å². The first-order valence-electron chi connectivity index (χ1n) is 7.00. The third kappa shape index (κ3) is 3.72. The van der Waals surface area contributed by atoms with Crippen LogP contribution >= 0.6 is 11.3 Å². The average molecular weight is 362 g/mol. The minimum Gasteiger partial charge on any atom is -0.443 e. The van der Waals surface area contributed by atoms with Gasteiger partial charge in [-0.1, -0.05) is 6.07 Å². The molecule has 0 radical (unpaired) electrons. The maximum absolute atomic E-state index is 12.1. The van der Waals surface area contributed by atoms with Gasteiger partial charge in [-0.25, -0.2) is 13.4 Å². The SMILES string of the molecule is CS(=O)(=O)c1ccc(C(=O)NCc2coc(-c3cccs3)n2)cc1. The molecule has 3 rings (SSSR count). The maximum atomic E-state index is 12.1. The molecule has 1 aromatic carbocycles. The van der Waals surface area contributed by atoms with E-state index in [9.17, 15) is 13.2 Å². The summed E-state index contributed by atoms with van der Waals surface area (Å²) < 4.78 is 28.2. The Kier molecular flexibility index (Phi) is 4.50. The van der Waals surface area contributed by atoms with Gasteiger partial charge in [0.05, 0.1) is 22.0 Å². The van der Waals surface area contributed by atoms with Gasteiger partial charge in [0.1, 0.15) is 6.26 Å². The Morgan fingerprint density at radius 1 is 1.25 bits per heavy atom. The summed E-state index contributed by atoms with van der Waals surface area (Å²) in [5.74, 6) is 0.211. The summed E-state index contributed by atoms with van der Waals surface area (Å²) in [6.07, 6.45) is 2.62. The Morgan fingerprint density at radius 2 is 2.00 bits per heavy atom. The zero-order valence-electron chi connectivity index (χ0n) is 12.7. The van der Waals surface area contributed by atoms with Crippen LogP contribution in [0.15, 0.2) is 57.4 Å². The average Bonchev–Trinajstić information content (AvgIpc) is 3.23. The molecule has 0 saturated carbocycles. The van der Waals surface area contributed by atoms with E-state index in [2.05, 4.69) is 10.3 Å². The summed E-state index contributed by atoms with van der Waals surface area (Å²) in [7, 11) is -3.27. The van der Waals surface area contributed by atoms with Crippen LogP contribution in [0.3, 0.4) is 0 Å². The largest absolute Gasteiger partial charge is 0.443 e. The number of thiophene rings is 1. The van der Waals surface area contributed by atoms with Crippen molar-refractivity contribution < 1.29 is 17.6 Å². The van der Waals surface area contributed by atoms with Crippen molar-refractivity contribution in [1.82, 2.24) is 10.3 Å². The Bertz CT molecular complexity index is 942. The zero-order chi connectivity index (χ0) is 17.2. The molecule has 2 heterocycles. The molecular weight excluding hydrogens is 348 g/mol. The molecule has 0 saturated heterocycles. The number of hydrogen-bond donors (Lipinski definition) is 1. The lowest BCUT2D eigenvalue weighted by molar-refractivity contribution is 0.0950. The maximum Gasteiger partial charge on any atom is 0.251 e. The summed E-state index contributed by atoms with van der Waals surface area (Å²) in [6.45, 7) is 0.224. The fraction of sp³-hybridized carbons (Fsp3) is 0.125. The third-order valence-corrected chi connectivity index (χ3v) is 5.24. The first-order valence-corrected chi connectivity index (χ1v) is 9.77. The molecule has 124 valence electrons. The van der Waals surface area contributed by atoms with Gasteiger partial charge in [-0.15, -0.1) is 11.3 Å². The number of amides is 1. The molecule has 0 atom stereocenters. The summed E-state index contributed by atoms with van der Waals surface area (Å²) in [5, 5.41) is 4.66. The van der Waals surface area contributed by atoms with Crippen molar-refractivity contribution in [2.45, 2.75) is 11.4 Å². The van der Waals surface area contributed by atoms with E-state index in [-0.39, 0.29) is 17.3 Å². The number of rotatable bonds is 5. The van der Waals surface area contributed by atoms with E-state index >= 15 is 0 Å². The zero-order valence-corrected chi connectivity index (χ0v) is 14.4. The van der Waals surface area contributed by atoms with Gasteiger partial charge in [-0.2, -0.15) is 0 Å². The predicted molar refractivity (Wildman–Crippen MR) is 90.5 cm³/mol. The number of hydrogen-bond acceptors (Lipinski definition) is 6. The third-order valence-electron chi connectivity index (χ3n) is 3.26. The highest BCUT2D eigenvalue weighted by atomic mass is 32.2. The highest BCUT2D eigenvalue weighted by molar-refractivity contribution is 7.90. The second-order valence-corrected chi connectivity index (χ2v) is 8.06.